The standard InChI is InChI=1S/C18H25N3O2/c1-13-12-14-6-5-7-15(16(14)19-13)20-8-10-21(11-9-20)17(22)23-18(2,3)4/h5-7,12,19H,8-11H2,1-4H3. The molecular formula is C18H25N3O2. The average molecular weight is 315 g/mol. The van der Waals surface area contributed by atoms with Gasteiger partial charge in [-0.15, -0.1) is 0 Å². The van der Waals surface area contributed by atoms with E-state index in [1.54, 1.807) is 4.90 Å². The van der Waals surface area contributed by atoms with Gasteiger partial charge in [0.15, 0.2) is 0 Å². The van der Waals surface area contributed by atoms with E-state index in [4.69, 9.17) is 4.74 Å². The van der Waals surface area contributed by atoms with Gasteiger partial charge >= 0.3 is 6.09 Å². The fourth-order valence-corrected chi connectivity index (χ4v) is 3.00. The predicted molar refractivity (Wildman–Crippen MR) is 93.1 cm³/mol. The van der Waals surface area contributed by atoms with Crippen molar-refractivity contribution >= 4 is 22.7 Å². The zero-order valence-electron chi connectivity index (χ0n) is 14.3. The molecule has 5 heteroatoms. The number of nitrogens with zero attached hydrogens (tertiary/aromatic N) is 2. The topological polar surface area (TPSA) is 48.6 Å². The lowest BCUT2D eigenvalue weighted by Gasteiger charge is -2.36. The van der Waals surface area contributed by atoms with Crippen LogP contribution in [0.4, 0.5) is 10.5 Å². The summed E-state index contributed by atoms with van der Waals surface area (Å²) in [7, 11) is 0. The number of ether oxygens (including phenoxy) is 1. The first-order valence-electron chi connectivity index (χ1n) is 8.15. The molecule has 1 fully saturated rings. The summed E-state index contributed by atoms with van der Waals surface area (Å²) in [5.74, 6) is 0. The van der Waals surface area contributed by atoms with Crippen molar-refractivity contribution in [2.45, 2.75) is 33.3 Å². The number of benzene rings is 1. The van der Waals surface area contributed by atoms with Gasteiger partial charge in [-0.2, -0.15) is 0 Å². The smallest absolute Gasteiger partial charge is 0.410 e. The summed E-state index contributed by atoms with van der Waals surface area (Å²) in [6.07, 6.45) is -0.217. The third kappa shape index (κ3) is 3.44. The molecule has 1 N–H and O–H groups in total. The fourth-order valence-electron chi connectivity index (χ4n) is 3.00. The molecule has 1 aromatic heterocycles. The van der Waals surface area contributed by atoms with Crippen LogP contribution in [0.15, 0.2) is 24.3 Å². The van der Waals surface area contributed by atoms with E-state index in [9.17, 15) is 4.79 Å². The van der Waals surface area contributed by atoms with Crippen LogP contribution in [0.25, 0.3) is 10.9 Å². The molecule has 0 atom stereocenters. The first-order valence-corrected chi connectivity index (χ1v) is 8.15. The van der Waals surface area contributed by atoms with E-state index >= 15 is 0 Å². The Hall–Kier alpha value is -2.17. The zero-order valence-corrected chi connectivity index (χ0v) is 14.3. The Kier molecular flexibility index (Phi) is 3.96. The third-order valence-electron chi connectivity index (χ3n) is 4.04. The highest BCUT2D eigenvalue weighted by atomic mass is 16.6. The highest BCUT2D eigenvalue weighted by Crippen LogP contribution is 2.27. The number of aromatic nitrogens is 1. The van der Waals surface area contributed by atoms with E-state index < -0.39 is 5.60 Å². The molecule has 2 heterocycles. The maximum atomic E-state index is 12.2. The summed E-state index contributed by atoms with van der Waals surface area (Å²) >= 11 is 0. The Labute approximate surface area is 137 Å². The molecular weight excluding hydrogens is 290 g/mol. The number of anilines is 1. The van der Waals surface area contributed by atoms with Crippen LogP contribution in [0.2, 0.25) is 0 Å². The van der Waals surface area contributed by atoms with Crippen LogP contribution in [0, 0.1) is 6.92 Å². The van der Waals surface area contributed by atoms with Crippen molar-refractivity contribution in [2.75, 3.05) is 31.1 Å². The number of carbonyl (C=O) groups excluding carboxylic acids is 1. The molecule has 2 aromatic rings. The third-order valence-corrected chi connectivity index (χ3v) is 4.04. The molecule has 0 bridgehead atoms. The molecule has 124 valence electrons. The molecule has 0 saturated carbocycles. The Morgan fingerprint density at radius 3 is 2.52 bits per heavy atom. The largest absolute Gasteiger partial charge is 0.444 e. The summed E-state index contributed by atoms with van der Waals surface area (Å²) in [6.45, 7) is 10.8. The van der Waals surface area contributed by atoms with E-state index in [0.29, 0.717) is 13.1 Å². The number of rotatable bonds is 1. The lowest BCUT2D eigenvalue weighted by molar-refractivity contribution is 0.0241. The normalized spacial score (nSPS) is 16.0. The van der Waals surface area contributed by atoms with Gasteiger partial charge in [-0.1, -0.05) is 12.1 Å². The second kappa shape index (κ2) is 5.80. The van der Waals surface area contributed by atoms with E-state index in [1.807, 2.05) is 20.8 Å². The van der Waals surface area contributed by atoms with Crippen molar-refractivity contribution in [3.63, 3.8) is 0 Å². The van der Waals surface area contributed by atoms with Crippen molar-refractivity contribution in [2.24, 2.45) is 0 Å². The van der Waals surface area contributed by atoms with Gasteiger partial charge in [0.25, 0.3) is 0 Å². The number of fused-ring (bicyclic) bond motifs is 1. The summed E-state index contributed by atoms with van der Waals surface area (Å²) in [5, 5.41) is 1.23. The van der Waals surface area contributed by atoms with E-state index in [0.717, 1.165) is 13.1 Å². The average Bonchev–Trinajstić information content (AvgIpc) is 2.85. The van der Waals surface area contributed by atoms with Crippen molar-refractivity contribution < 1.29 is 9.53 Å². The van der Waals surface area contributed by atoms with Gasteiger partial charge in [0.1, 0.15) is 5.60 Å². The number of amides is 1. The molecule has 23 heavy (non-hydrogen) atoms. The number of hydrogen-bond donors (Lipinski definition) is 1. The van der Waals surface area contributed by atoms with Crippen LogP contribution in [-0.2, 0) is 4.74 Å². The van der Waals surface area contributed by atoms with Gasteiger partial charge in [-0.25, -0.2) is 4.79 Å². The number of aromatic amines is 1. The van der Waals surface area contributed by atoms with Gasteiger partial charge in [-0.05, 0) is 39.8 Å². The first-order chi connectivity index (χ1) is 10.8. The van der Waals surface area contributed by atoms with Crippen LogP contribution < -0.4 is 4.90 Å². The van der Waals surface area contributed by atoms with Crippen molar-refractivity contribution in [1.82, 2.24) is 9.88 Å². The van der Waals surface area contributed by atoms with Crippen LogP contribution in [0.5, 0.6) is 0 Å². The van der Waals surface area contributed by atoms with E-state index in [2.05, 4.69) is 41.1 Å². The number of H-pyrrole nitrogens is 1. The van der Waals surface area contributed by atoms with Crippen molar-refractivity contribution in [3.05, 3.63) is 30.0 Å². The van der Waals surface area contributed by atoms with Crippen LogP contribution >= 0.6 is 0 Å². The van der Waals surface area contributed by atoms with Gasteiger partial charge in [0.2, 0.25) is 0 Å². The molecule has 1 saturated heterocycles. The lowest BCUT2D eigenvalue weighted by Crippen LogP contribution is -2.50. The minimum Gasteiger partial charge on any atom is -0.444 e. The summed E-state index contributed by atoms with van der Waals surface area (Å²) < 4.78 is 5.45. The van der Waals surface area contributed by atoms with Crippen LogP contribution in [0.3, 0.4) is 0 Å². The Morgan fingerprint density at radius 2 is 1.87 bits per heavy atom. The highest BCUT2D eigenvalue weighted by Gasteiger charge is 2.26. The maximum absolute atomic E-state index is 12.2. The molecule has 0 spiro atoms. The molecule has 0 aliphatic carbocycles. The van der Waals surface area contributed by atoms with Gasteiger partial charge in [0, 0.05) is 37.3 Å². The lowest BCUT2D eigenvalue weighted by atomic mass is 10.2. The SMILES string of the molecule is Cc1cc2cccc(N3CCN(C(=O)OC(C)(C)C)CC3)c2[nH]1. The van der Waals surface area contributed by atoms with Crippen molar-refractivity contribution in [3.8, 4) is 0 Å². The van der Waals surface area contributed by atoms with Gasteiger partial charge < -0.3 is 19.5 Å². The number of nitrogens with one attached hydrogen (secondary N) is 1. The molecule has 0 unspecified atom stereocenters. The number of aryl methyl sites for hydroxylation is 1. The molecule has 1 amide bonds. The Morgan fingerprint density at radius 1 is 1.17 bits per heavy atom. The number of para-hydroxylation sites is 1. The second-order valence-electron chi connectivity index (χ2n) is 7.15. The zero-order chi connectivity index (χ0) is 16.6. The summed E-state index contributed by atoms with van der Waals surface area (Å²) in [4.78, 5) is 19.7. The molecule has 1 aliphatic rings. The Bertz CT molecular complexity index is 707. The molecule has 1 aromatic carbocycles. The summed E-state index contributed by atoms with van der Waals surface area (Å²) in [5.41, 5.74) is 3.11. The Balaban J connectivity index is 1.70. The minimum atomic E-state index is -0.443. The van der Waals surface area contributed by atoms with Crippen LogP contribution in [-0.4, -0.2) is 47.8 Å². The quantitative estimate of drug-likeness (QED) is 0.876. The highest BCUT2D eigenvalue weighted by molar-refractivity contribution is 5.92. The van der Waals surface area contributed by atoms with Crippen LogP contribution in [0.1, 0.15) is 26.5 Å². The number of carbonyl (C=O) groups is 1. The number of hydrogen-bond acceptors (Lipinski definition) is 3. The van der Waals surface area contributed by atoms with E-state index in [1.165, 1.54) is 22.3 Å². The maximum Gasteiger partial charge on any atom is 0.410 e. The van der Waals surface area contributed by atoms with E-state index in [-0.39, 0.29) is 6.09 Å². The van der Waals surface area contributed by atoms with Crippen molar-refractivity contribution in [1.29, 1.82) is 0 Å². The molecule has 3 rings (SSSR count). The monoisotopic (exact) mass is 315 g/mol. The molecule has 0 radical (unpaired) electrons. The molecule has 1 aliphatic heterocycles. The fraction of sp³-hybridized carbons (Fsp3) is 0.500. The van der Waals surface area contributed by atoms with Gasteiger partial charge in [0.05, 0.1) is 11.2 Å². The number of piperazine rings is 1. The second-order valence-corrected chi connectivity index (χ2v) is 7.15. The van der Waals surface area contributed by atoms with Gasteiger partial charge in [-0.3, -0.25) is 0 Å². The molecule has 5 nitrogen and oxygen atoms in total. The first kappa shape index (κ1) is 15.7. The minimum absolute atomic E-state index is 0.217. The predicted octanol–water partition coefficient (Wildman–Crippen LogP) is 3.53. The summed E-state index contributed by atoms with van der Waals surface area (Å²) in [6, 6.07) is 8.52.